The van der Waals surface area contributed by atoms with Gasteiger partial charge in [0.25, 0.3) is 0 Å². The number of rotatable bonds is 2. The molecule has 0 radical (unpaired) electrons. The van der Waals surface area contributed by atoms with Crippen LogP contribution in [0.15, 0.2) is 45.6 Å². The van der Waals surface area contributed by atoms with E-state index in [1.54, 1.807) is 12.1 Å². The highest BCUT2D eigenvalue weighted by Crippen LogP contribution is 2.39. The van der Waals surface area contributed by atoms with Crippen LogP contribution in [-0.2, 0) is 4.79 Å². The molecule has 206 valence electrons. The van der Waals surface area contributed by atoms with E-state index in [9.17, 15) is 18.7 Å². The van der Waals surface area contributed by atoms with Crippen molar-refractivity contribution < 1.29 is 18.7 Å². The number of aliphatic hydroxyl groups excluding tert-OH is 1. The Morgan fingerprint density at radius 2 is 1.18 bits per heavy atom. The molecule has 2 saturated carbocycles. The molecule has 0 bridgehead atoms. The molecule has 1 N–H and O–H groups in total. The molecule has 6 rings (SSSR count). The number of ketones is 1. The second-order valence-corrected chi connectivity index (χ2v) is 12.1. The summed E-state index contributed by atoms with van der Waals surface area (Å²) in [6.45, 7) is 14.0. The summed E-state index contributed by atoms with van der Waals surface area (Å²) in [6.07, 6.45) is 9.79. The number of halogens is 4. The van der Waals surface area contributed by atoms with Crippen molar-refractivity contribution in [3.63, 3.8) is 0 Å². The third-order valence-electron chi connectivity index (χ3n) is 7.91. The first-order valence-electron chi connectivity index (χ1n) is 13.1. The summed E-state index contributed by atoms with van der Waals surface area (Å²) in [7, 11) is 0. The van der Waals surface area contributed by atoms with Crippen LogP contribution < -0.4 is 0 Å². The van der Waals surface area contributed by atoms with Crippen LogP contribution in [0.25, 0.3) is 31.5 Å². The van der Waals surface area contributed by atoms with Crippen molar-refractivity contribution >= 4 is 70.8 Å². The van der Waals surface area contributed by atoms with Crippen molar-refractivity contribution in [2.45, 2.75) is 69.6 Å². The van der Waals surface area contributed by atoms with Gasteiger partial charge in [0.05, 0.1) is 19.2 Å². The Labute approximate surface area is 247 Å². The van der Waals surface area contributed by atoms with Crippen LogP contribution in [-0.4, -0.2) is 26.1 Å². The zero-order valence-electron chi connectivity index (χ0n) is 21.5. The summed E-state index contributed by atoms with van der Waals surface area (Å²) < 4.78 is 33.5. The van der Waals surface area contributed by atoms with Crippen LogP contribution in [0.3, 0.4) is 0 Å². The molecule has 4 aromatic rings. The third kappa shape index (κ3) is 5.58. The molecule has 0 unspecified atom stereocenters. The van der Waals surface area contributed by atoms with Crippen LogP contribution in [0, 0.1) is 24.8 Å². The number of aliphatic hydroxyl groups is 1. The highest BCUT2D eigenvalue weighted by atomic mass is 79.9. The van der Waals surface area contributed by atoms with Gasteiger partial charge in [-0.25, -0.2) is 18.5 Å². The van der Waals surface area contributed by atoms with E-state index in [2.05, 4.69) is 46.1 Å². The molecule has 40 heavy (non-hydrogen) atoms. The monoisotopic (exact) mass is 670 g/mol. The summed E-state index contributed by atoms with van der Waals surface area (Å²) in [4.78, 5) is 17.7. The van der Waals surface area contributed by atoms with E-state index in [1.165, 1.54) is 12.1 Å². The molecule has 0 spiro atoms. The van der Waals surface area contributed by atoms with Gasteiger partial charge in [-0.3, -0.25) is 4.79 Å². The van der Waals surface area contributed by atoms with Crippen LogP contribution in [0.1, 0.15) is 63.5 Å². The minimum absolute atomic E-state index is 0.0368. The fourth-order valence-electron chi connectivity index (χ4n) is 5.75. The van der Waals surface area contributed by atoms with Gasteiger partial charge in [-0.15, -0.1) is 0 Å². The summed E-state index contributed by atoms with van der Waals surface area (Å²) in [5.41, 5.74) is 1.68. The van der Waals surface area contributed by atoms with Gasteiger partial charge in [0.2, 0.25) is 11.4 Å². The smallest absolute Gasteiger partial charge is 0.222 e. The van der Waals surface area contributed by atoms with Crippen LogP contribution in [0.4, 0.5) is 20.2 Å². The fourth-order valence-corrected chi connectivity index (χ4v) is 6.83. The van der Waals surface area contributed by atoms with Gasteiger partial charge in [0.15, 0.2) is 0 Å². The van der Waals surface area contributed by atoms with Gasteiger partial charge in [-0.2, -0.15) is 0 Å². The summed E-state index contributed by atoms with van der Waals surface area (Å²) in [5.74, 6) is -0.667. The minimum atomic E-state index is -0.494. The van der Waals surface area contributed by atoms with Crippen molar-refractivity contribution in [3.8, 4) is 0 Å². The molecule has 0 saturated heterocycles. The minimum Gasteiger partial charge on any atom is -0.393 e. The first-order valence-corrected chi connectivity index (χ1v) is 14.7. The van der Waals surface area contributed by atoms with Crippen molar-refractivity contribution in [2.24, 2.45) is 0 Å². The molecule has 2 aromatic heterocycles. The van der Waals surface area contributed by atoms with E-state index in [0.717, 1.165) is 69.3 Å². The van der Waals surface area contributed by atoms with E-state index < -0.39 is 11.6 Å². The summed E-state index contributed by atoms with van der Waals surface area (Å²) in [5, 5.41) is 11.3. The molecular weight excluding hydrogens is 646 g/mol. The summed E-state index contributed by atoms with van der Waals surface area (Å²) >= 11 is 6.96. The Hall–Kier alpha value is -3.05. The Morgan fingerprint density at radius 1 is 0.750 bits per heavy atom. The van der Waals surface area contributed by atoms with E-state index in [1.807, 2.05) is 17.0 Å². The maximum atomic E-state index is 13.9. The third-order valence-corrected chi connectivity index (χ3v) is 9.18. The number of fused-ring (bicyclic) bond motifs is 2. The predicted molar refractivity (Wildman–Crippen MR) is 158 cm³/mol. The molecule has 0 aliphatic heterocycles. The molecule has 2 aromatic carbocycles. The number of aromatic nitrogens is 2. The Balaban J connectivity index is 0.000000161. The topological polar surface area (TPSA) is 55.9 Å². The Morgan fingerprint density at radius 3 is 1.60 bits per heavy atom. The van der Waals surface area contributed by atoms with Crippen LogP contribution in [0.2, 0.25) is 0 Å². The number of nitrogens with zero attached hydrogens (tertiary/aromatic N) is 4. The molecule has 10 heteroatoms. The number of benzene rings is 2. The van der Waals surface area contributed by atoms with Crippen molar-refractivity contribution in [2.75, 3.05) is 0 Å². The Kier molecular flexibility index (Phi) is 8.42. The lowest BCUT2D eigenvalue weighted by Crippen LogP contribution is -2.20. The lowest BCUT2D eigenvalue weighted by atomic mass is 9.93. The zero-order chi connectivity index (χ0) is 28.6. The van der Waals surface area contributed by atoms with Crippen LogP contribution in [0.5, 0.6) is 0 Å². The highest BCUT2D eigenvalue weighted by Gasteiger charge is 2.24. The van der Waals surface area contributed by atoms with Crippen LogP contribution >= 0.6 is 31.9 Å². The van der Waals surface area contributed by atoms with Crippen molar-refractivity contribution in [3.05, 3.63) is 80.1 Å². The first-order chi connectivity index (χ1) is 19.2. The zero-order valence-corrected chi connectivity index (χ0v) is 24.7. The number of carbonyl (C=O) groups is 1. The maximum absolute atomic E-state index is 13.9. The summed E-state index contributed by atoms with van der Waals surface area (Å²) in [6, 6.07) is 6.54. The number of carbonyl (C=O) groups excluding carboxylic acids is 1. The lowest BCUT2D eigenvalue weighted by molar-refractivity contribution is -0.120. The first kappa shape index (κ1) is 28.5. The molecule has 2 aliphatic rings. The maximum Gasteiger partial charge on any atom is 0.222 e. The Bertz CT molecular complexity index is 1680. The number of Topliss-reactive ketones (excluding diaryl/α,β-unsaturated/α-hetero) is 1. The number of hydrogen-bond donors (Lipinski definition) is 1. The fraction of sp³-hybridized carbons (Fsp3) is 0.367. The average Bonchev–Trinajstić information content (AvgIpc) is 3.44. The van der Waals surface area contributed by atoms with E-state index in [4.69, 9.17) is 13.1 Å². The van der Waals surface area contributed by atoms with Gasteiger partial charge >= 0.3 is 0 Å². The average molecular weight is 672 g/mol. The van der Waals surface area contributed by atoms with E-state index in [0.29, 0.717) is 18.6 Å². The van der Waals surface area contributed by atoms with E-state index in [-0.39, 0.29) is 29.6 Å². The number of hydrogen-bond acceptors (Lipinski definition) is 2. The molecular formula is C30H26Br2F2N4O2. The second-order valence-electron chi connectivity index (χ2n) is 10.4. The SMILES string of the molecule is [C-]#[N+]c1cc2c(Br)cn(C3CCC(=O)CC3)c2cc1F.[C-]#[N+]c1cc2c(Br)cn(C3CCC(O)CC3)c2cc1F. The largest absolute Gasteiger partial charge is 0.393 e. The van der Waals surface area contributed by atoms with Gasteiger partial charge < -0.3 is 14.2 Å². The highest BCUT2D eigenvalue weighted by molar-refractivity contribution is 9.11. The molecule has 2 aliphatic carbocycles. The molecule has 6 nitrogen and oxygen atoms in total. The normalized spacial score (nSPS) is 19.7. The standard InChI is InChI=1S/C15H14BrFN2O.C15H12BrFN2O/c2*1-18-14-6-11-12(16)8-19(15(11)7-13(14)17)9-2-4-10(20)5-3-9/h6-10,20H,2-5H2;6-9H,2-5H2. The second kappa shape index (κ2) is 11.8. The lowest BCUT2D eigenvalue weighted by Gasteiger charge is -2.27. The molecule has 0 amide bonds. The quantitative estimate of drug-likeness (QED) is 0.216. The van der Waals surface area contributed by atoms with E-state index >= 15 is 0 Å². The molecule has 2 heterocycles. The molecule has 2 fully saturated rings. The van der Waals surface area contributed by atoms with Crippen molar-refractivity contribution in [1.29, 1.82) is 0 Å². The predicted octanol–water partition coefficient (Wildman–Crippen LogP) is 9.35. The van der Waals surface area contributed by atoms with Gasteiger partial charge in [-0.1, -0.05) is 0 Å². The van der Waals surface area contributed by atoms with Gasteiger partial charge in [0.1, 0.15) is 17.4 Å². The molecule has 0 atom stereocenters. The van der Waals surface area contributed by atoms with Gasteiger partial charge in [-0.05, 0) is 94.7 Å². The van der Waals surface area contributed by atoms with Gasteiger partial charge in [0, 0.05) is 68.1 Å². The van der Waals surface area contributed by atoms with Crippen molar-refractivity contribution in [1.82, 2.24) is 9.13 Å².